The highest BCUT2D eigenvalue weighted by Crippen LogP contribution is 2.27. The van der Waals surface area contributed by atoms with Gasteiger partial charge in [0.1, 0.15) is 0 Å². The van der Waals surface area contributed by atoms with Gasteiger partial charge in [0.05, 0.1) is 30.0 Å². The molecule has 6 nitrogen and oxygen atoms in total. The molecule has 5 aromatic rings. The Hall–Kier alpha value is -3.41. The van der Waals surface area contributed by atoms with Gasteiger partial charge in [-0.3, -0.25) is 14.1 Å². The third-order valence-electron chi connectivity index (χ3n) is 4.58. The summed E-state index contributed by atoms with van der Waals surface area (Å²) in [6.07, 6.45) is 11.6. The van der Waals surface area contributed by atoms with Crippen molar-refractivity contribution in [3.05, 3.63) is 61.4 Å². The van der Waals surface area contributed by atoms with Gasteiger partial charge in [-0.2, -0.15) is 5.10 Å². The van der Waals surface area contributed by atoms with E-state index in [1.807, 2.05) is 31.8 Å². The first-order chi connectivity index (χ1) is 12.2. The highest BCUT2D eigenvalue weighted by molar-refractivity contribution is 5.85. The van der Waals surface area contributed by atoms with Crippen LogP contribution in [0, 0.1) is 0 Å². The van der Waals surface area contributed by atoms with Gasteiger partial charge in [-0.25, -0.2) is 4.98 Å². The molecule has 25 heavy (non-hydrogen) atoms. The van der Waals surface area contributed by atoms with Gasteiger partial charge in [-0.15, -0.1) is 0 Å². The Bertz CT molecular complexity index is 1220. The zero-order chi connectivity index (χ0) is 17.0. The Labute approximate surface area is 144 Å². The molecule has 0 aliphatic carbocycles. The van der Waals surface area contributed by atoms with Crippen LogP contribution in [0.2, 0.25) is 0 Å². The van der Waals surface area contributed by atoms with E-state index >= 15 is 0 Å². The van der Waals surface area contributed by atoms with Crippen LogP contribution in [0.15, 0.2) is 61.4 Å². The summed E-state index contributed by atoms with van der Waals surface area (Å²) in [7, 11) is 3.96. The predicted molar refractivity (Wildman–Crippen MR) is 97.1 cm³/mol. The van der Waals surface area contributed by atoms with Crippen molar-refractivity contribution in [1.29, 1.82) is 0 Å². The van der Waals surface area contributed by atoms with Crippen LogP contribution in [0.1, 0.15) is 0 Å². The largest absolute Gasteiger partial charge is 0.351 e. The Morgan fingerprint density at radius 1 is 0.880 bits per heavy atom. The molecule has 0 atom stereocenters. The van der Waals surface area contributed by atoms with Gasteiger partial charge in [0.25, 0.3) is 0 Å². The van der Waals surface area contributed by atoms with Crippen LogP contribution in [0.25, 0.3) is 39.1 Å². The van der Waals surface area contributed by atoms with Gasteiger partial charge < -0.3 is 4.57 Å². The molecule has 0 saturated heterocycles. The van der Waals surface area contributed by atoms with Crippen molar-refractivity contribution in [3.8, 4) is 22.5 Å². The number of aromatic nitrogens is 6. The van der Waals surface area contributed by atoms with Crippen LogP contribution < -0.4 is 0 Å². The molecular weight excluding hydrogens is 312 g/mol. The molecule has 122 valence electrons. The number of rotatable bonds is 2. The monoisotopic (exact) mass is 328 g/mol. The first-order valence-electron chi connectivity index (χ1n) is 8.07. The highest BCUT2D eigenvalue weighted by Gasteiger charge is 2.10. The Morgan fingerprint density at radius 3 is 2.64 bits per heavy atom. The Kier molecular flexibility index (Phi) is 2.82. The van der Waals surface area contributed by atoms with Crippen molar-refractivity contribution in [2.75, 3.05) is 0 Å². The molecule has 0 amide bonds. The molecule has 0 saturated carbocycles. The fourth-order valence-electron chi connectivity index (χ4n) is 3.25. The quantitative estimate of drug-likeness (QED) is 0.500. The average molecular weight is 328 g/mol. The minimum Gasteiger partial charge on any atom is -0.351 e. The lowest BCUT2D eigenvalue weighted by Gasteiger charge is -2.05. The van der Waals surface area contributed by atoms with E-state index in [-0.39, 0.29) is 0 Å². The zero-order valence-corrected chi connectivity index (χ0v) is 14.0. The molecule has 0 aliphatic heterocycles. The molecular formula is C19H16N6. The van der Waals surface area contributed by atoms with Crippen LogP contribution in [-0.2, 0) is 14.1 Å². The van der Waals surface area contributed by atoms with Crippen LogP contribution in [0.4, 0.5) is 0 Å². The molecule has 4 heterocycles. The molecule has 0 radical (unpaired) electrons. The van der Waals surface area contributed by atoms with E-state index in [1.54, 1.807) is 10.9 Å². The second kappa shape index (κ2) is 5.04. The zero-order valence-electron chi connectivity index (χ0n) is 14.0. The fraction of sp³-hybridized carbons (Fsp3) is 0.105. The molecule has 5 rings (SSSR count). The van der Waals surface area contributed by atoms with Crippen molar-refractivity contribution in [3.63, 3.8) is 0 Å². The topological polar surface area (TPSA) is 52.9 Å². The molecule has 1 aromatic carbocycles. The van der Waals surface area contributed by atoms with Gasteiger partial charge >= 0.3 is 0 Å². The third-order valence-corrected chi connectivity index (χ3v) is 4.58. The van der Waals surface area contributed by atoms with Crippen molar-refractivity contribution in [2.24, 2.45) is 14.1 Å². The first kappa shape index (κ1) is 14.0. The number of hydrogen-bond donors (Lipinski definition) is 0. The lowest BCUT2D eigenvalue weighted by Crippen LogP contribution is -1.93. The number of aryl methyl sites for hydroxylation is 2. The number of nitrogens with zero attached hydrogens (tertiary/aromatic N) is 6. The molecule has 6 heteroatoms. The summed E-state index contributed by atoms with van der Waals surface area (Å²) in [5.74, 6) is 0. The molecule has 0 N–H and O–H groups in total. The fourth-order valence-corrected chi connectivity index (χ4v) is 3.25. The lowest BCUT2D eigenvalue weighted by atomic mass is 10.1. The normalized spacial score (nSPS) is 11.6. The third kappa shape index (κ3) is 2.15. The summed E-state index contributed by atoms with van der Waals surface area (Å²) in [4.78, 5) is 9.01. The SMILES string of the molecule is Cn1cc(-c2cn3c(-c4ccc5c(ccn5C)c4)cnc3cn2)cn1. The Balaban J connectivity index is 1.69. The minimum absolute atomic E-state index is 0.829. The summed E-state index contributed by atoms with van der Waals surface area (Å²) in [5.41, 5.74) is 6.09. The van der Waals surface area contributed by atoms with E-state index in [4.69, 9.17) is 0 Å². The van der Waals surface area contributed by atoms with E-state index in [9.17, 15) is 0 Å². The molecule has 0 spiro atoms. The molecule has 0 unspecified atom stereocenters. The molecule has 0 fully saturated rings. The van der Waals surface area contributed by atoms with Crippen LogP contribution >= 0.6 is 0 Å². The molecule has 4 aromatic heterocycles. The summed E-state index contributed by atoms with van der Waals surface area (Å²) in [6, 6.07) is 8.61. The van der Waals surface area contributed by atoms with Crippen molar-refractivity contribution in [1.82, 2.24) is 28.7 Å². The summed E-state index contributed by atoms with van der Waals surface area (Å²) in [6.45, 7) is 0. The van der Waals surface area contributed by atoms with Gasteiger partial charge in [0.15, 0.2) is 5.65 Å². The number of benzene rings is 1. The maximum atomic E-state index is 4.51. The van der Waals surface area contributed by atoms with E-state index in [0.29, 0.717) is 0 Å². The standard InChI is InChI=1S/C19H16N6/c1-23-6-5-14-7-13(3-4-17(14)23)18-9-21-19-10-20-16(12-25(18)19)15-8-22-24(2)11-15/h3-12H,1-2H3. The van der Waals surface area contributed by atoms with Crippen molar-refractivity contribution >= 4 is 16.6 Å². The van der Waals surface area contributed by atoms with Crippen molar-refractivity contribution < 1.29 is 0 Å². The minimum atomic E-state index is 0.829. The summed E-state index contributed by atoms with van der Waals surface area (Å²) >= 11 is 0. The van der Waals surface area contributed by atoms with Crippen molar-refractivity contribution in [2.45, 2.75) is 0 Å². The smallest absolute Gasteiger partial charge is 0.155 e. The highest BCUT2D eigenvalue weighted by atomic mass is 15.2. The average Bonchev–Trinajstić information content (AvgIpc) is 3.33. The molecule has 0 bridgehead atoms. The number of hydrogen-bond acceptors (Lipinski definition) is 3. The van der Waals surface area contributed by atoms with E-state index in [1.165, 1.54) is 10.9 Å². The van der Waals surface area contributed by atoms with Crippen LogP contribution in [0.5, 0.6) is 0 Å². The van der Waals surface area contributed by atoms with E-state index in [2.05, 4.69) is 61.5 Å². The van der Waals surface area contributed by atoms with Gasteiger partial charge in [0, 0.05) is 54.7 Å². The second-order valence-electron chi connectivity index (χ2n) is 6.25. The lowest BCUT2D eigenvalue weighted by molar-refractivity contribution is 0.768. The molecule has 0 aliphatic rings. The van der Waals surface area contributed by atoms with Gasteiger partial charge in [0.2, 0.25) is 0 Å². The summed E-state index contributed by atoms with van der Waals surface area (Å²) in [5, 5.41) is 5.45. The van der Waals surface area contributed by atoms with Crippen LogP contribution in [-0.4, -0.2) is 28.7 Å². The first-order valence-corrected chi connectivity index (χ1v) is 8.07. The van der Waals surface area contributed by atoms with E-state index in [0.717, 1.165) is 28.2 Å². The second-order valence-corrected chi connectivity index (χ2v) is 6.25. The predicted octanol–water partition coefficient (Wildman–Crippen LogP) is 3.29. The van der Waals surface area contributed by atoms with Gasteiger partial charge in [-0.05, 0) is 18.2 Å². The Morgan fingerprint density at radius 2 is 1.80 bits per heavy atom. The summed E-state index contributed by atoms with van der Waals surface area (Å²) < 4.78 is 5.98. The maximum absolute atomic E-state index is 4.51. The van der Waals surface area contributed by atoms with Gasteiger partial charge in [-0.1, -0.05) is 6.07 Å². The number of fused-ring (bicyclic) bond motifs is 2. The van der Waals surface area contributed by atoms with Crippen LogP contribution in [0.3, 0.4) is 0 Å². The van der Waals surface area contributed by atoms with E-state index < -0.39 is 0 Å². The number of imidazole rings is 1. The maximum Gasteiger partial charge on any atom is 0.155 e.